The predicted octanol–water partition coefficient (Wildman–Crippen LogP) is 5.61. The van der Waals surface area contributed by atoms with Crippen molar-refractivity contribution in [3.05, 3.63) is 94.3 Å². The first kappa shape index (κ1) is 23.8. The Morgan fingerprint density at radius 2 is 1.75 bits per heavy atom. The molecule has 5 nitrogen and oxygen atoms in total. The third-order valence-electron chi connectivity index (χ3n) is 4.86. The average molecular weight is 476 g/mol. The number of aryl methyl sites for hydroxylation is 1. The van der Waals surface area contributed by atoms with Gasteiger partial charge in [-0.1, -0.05) is 48.0 Å². The third kappa shape index (κ3) is 5.29. The Labute approximate surface area is 192 Å². The van der Waals surface area contributed by atoms with E-state index < -0.39 is 21.8 Å². The van der Waals surface area contributed by atoms with Crippen molar-refractivity contribution >= 4 is 27.6 Å². The van der Waals surface area contributed by atoms with E-state index in [1.165, 1.54) is 41.3 Å². The van der Waals surface area contributed by atoms with Gasteiger partial charge >= 0.3 is 10.1 Å². The maximum Gasteiger partial charge on any atom is 0.340 e. The molecule has 0 aromatic heterocycles. The molecule has 8 heteroatoms. The zero-order valence-corrected chi connectivity index (χ0v) is 19.5. The first-order valence-electron chi connectivity index (χ1n) is 9.94. The lowest BCUT2D eigenvalue weighted by molar-refractivity contribution is 0.0685. The van der Waals surface area contributed by atoms with E-state index in [0.29, 0.717) is 11.1 Å². The number of amides is 1. The molecular formula is C24H23ClFNO4S. The van der Waals surface area contributed by atoms with Crippen LogP contribution in [0.4, 0.5) is 4.39 Å². The standard InChI is InChI=1S/C24H23ClFNO4S/c1-16(2)27(24(28)20-11-4-5-13-22(20)26)15-18-9-7-10-19(14-18)31-32(29,30)23-17(3)8-6-12-21(23)25/h4-14,16H,15H2,1-3H3. The highest BCUT2D eigenvalue weighted by Crippen LogP contribution is 2.28. The van der Waals surface area contributed by atoms with Gasteiger partial charge in [-0.3, -0.25) is 4.79 Å². The minimum Gasteiger partial charge on any atom is -0.379 e. The van der Waals surface area contributed by atoms with Crippen LogP contribution in [-0.4, -0.2) is 25.3 Å². The third-order valence-corrected chi connectivity index (χ3v) is 6.74. The molecule has 0 unspecified atom stereocenters. The monoisotopic (exact) mass is 475 g/mol. The Kier molecular flexibility index (Phi) is 7.21. The van der Waals surface area contributed by atoms with Crippen molar-refractivity contribution < 1.29 is 21.8 Å². The SMILES string of the molecule is Cc1cccc(Cl)c1S(=O)(=O)Oc1cccc(CN(C(=O)c2ccccc2F)C(C)C)c1. The van der Waals surface area contributed by atoms with E-state index in [-0.39, 0.29) is 33.8 Å². The van der Waals surface area contributed by atoms with Crippen molar-refractivity contribution in [3.63, 3.8) is 0 Å². The van der Waals surface area contributed by atoms with Gasteiger partial charge in [0.15, 0.2) is 0 Å². The molecule has 3 aromatic rings. The van der Waals surface area contributed by atoms with Gasteiger partial charge in [-0.2, -0.15) is 8.42 Å². The van der Waals surface area contributed by atoms with E-state index in [1.54, 1.807) is 37.3 Å². The summed E-state index contributed by atoms with van der Waals surface area (Å²) in [6.45, 7) is 5.42. The smallest absolute Gasteiger partial charge is 0.340 e. The number of carbonyl (C=O) groups excluding carboxylic acids is 1. The number of hydrogen-bond acceptors (Lipinski definition) is 4. The van der Waals surface area contributed by atoms with E-state index in [2.05, 4.69) is 0 Å². The average Bonchev–Trinajstić information content (AvgIpc) is 2.71. The van der Waals surface area contributed by atoms with Crippen LogP contribution in [0.3, 0.4) is 0 Å². The molecule has 0 radical (unpaired) electrons. The molecule has 1 amide bonds. The Bertz CT molecular complexity index is 1220. The lowest BCUT2D eigenvalue weighted by Crippen LogP contribution is -2.36. The molecule has 3 rings (SSSR count). The molecule has 0 aliphatic heterocycles. The maximum atomic E-state index is 14.1. The first-order chi connectivity index (χ1) is 15.1. The molecule has 0 saturated carbocycles. The Hall–Kier alpha value is -2.90. The van der Waals surface area contributed by atoms with Crippen LogP contribution < -0.4 is 4.18 Å². The zero-order valence-electron chi connectivity index (χ0n) is 17.9. The van der Waals surface area contributed by atoms with Crippen LogP contribution in [0.25, 0.3) is 0 Å². The Morgan fingerprint density at radius 3 is 2.41 bits per heavy atom. The second kappa shape index (κ2) is 9.71. The number of nitrogens with zero attached hydrogens (tertiary/aromatic N) is 1. The van der Waals surface area contributed by atoms with Gasteiger partial charge in [-0.15, -0.1) is 0 Å². The minimum absolute atomic E-state index is 0.0228. The summed E-state index contributed by atoms with van der Waals surface area (Å²) >= 11 is 6.09. The summed E-state index contributed by atoms with van der Waals surface area (Å²) < 4.78 is 45.1. The highest BCUT2D eigenvalue weighted by molar-refractivity contribution is 7.87. The molecule has 0 saturated heterocycles. The molecule has 0 fully saturated rings. The van der Waals surface area contributed by atoms with Crippen molar-refractivity contribution in [1.29, 1.82) is 0 Å². The van der Waals surface area contributed by atoms with Gasteiger partial charge in [0.2, 0.25) is 0 Å². The van der Waals surface area contributed by atoms with Crippen LogP contribution in [0.2, 0.25) is 5.02 Å². The highest BCUT2D eigenvalue weighted by Gasteiger charge is 2.24. The largest absolute Gasteiger partial charge is 0.379 e. The zero-order chi connectivity index (χ0) is 23.5. The van der Waals surface area contributed by atoms with Crippen LogP contribution in [0.15, 0.2) is 71.6 Å². The van der Waals surface area contributed by atoms with Crippen molar-refractivity contribution in [2.24, 2.45) is 0 Å². The fourth-order valence-corrected chi connectivity index (χ4v) is 4.99. The number of rotatable bonds is 7. The van der Waals surface area contributed by atoms with E-state index in [0.717, 1.165) is 0 Å². The number of benzene rings is 3. The molecule has 0 bridgehead atoms. The molecule has 168 valence electrons. The number of halogens is 2. The number of carbonyl (C=O) groups is 1. The summed E-state index contributed by atoms with van der Waals surface area (Å²) in [6, 6.07) is 16.8. The summed E-state index contributed by atoms with van der Waals surface area (Å²) in [6.07, 6.45) is 0. The molecule has 32 heavy (non-hydrogen) atoms. The molecule has 0 N–H and O–H groups in total. The molecular weight excluding hydrogens is 453 g/mol. The Balaban J connectivity index is 1.86. The van der Waals surface area contributed by atoms with Crippen molar-refractivity contribution in [2.75, 3.05) is 0 Å². The summed E-state index contributed by atoms with van der Waals surface area (Å²) in [5.41, 5.74) is 1.08. The van der Waals surface area contributed by atoms with Crippen LogP contribution >= 0.6 is 11.6 Å². The van der Waals surface area contributed by atoms with E-state index >= 15 is 0 Å². The molecule has 0 heterocycles. The molecule has 0 aliphatic rings. The molecule has 3 aromatic carbocycles. The van der Waals surface area contributed by atoms with Crippen LogP contribution in [0, 0.1) is 12.7 Å². The topological polar surface area (TPSA) is 63.7 Å². The van der Waals surface area contributed by atoms with Gasteiger partial charge in [0.05, 0.1) is 10.6 Å². The normalized spacial score (nSPS) is 11.4. The van der Waals surface area contributed by atoms with Crippen molar-refractivity contribution in [3.8, 4) is 5.75 Å². The second-order valence-corrected chi connectivity index (χ2v) is 9.47. The molecule has 0 spiro atoms. The van der Waals surface area contributed by atoms with Crippen molar-refractivity contribution in [2.45, 2.75) is 38.3 Å². The lowest BCUT2D eigenvalue weighted by atomic mass is 10.1. The fourth-order valence-electron chi connectivity index (χ4n) is 3.27. The quantitative estimate of drug-likeness (QED) is 0.417. The maximum absolute atomic E-state index is 14.1. The van der Waals surface area contributed by atoms with Crippen molar-refractivity contribution in [1.82, 2.24) is 4.90 Å². The molecule has 0 aliphatic carbocycles. The van der Waals surface area contributed by atoms with Gasteiger partial charge in [-0.05, 0) is 62.2 Å². The van der Waals surface area contributed by atoms with Gasteiger partial charge in [0, 0.05) is 12.6 Å². The first-order valence-corrected chi connectivity index (χ1v) is 11.7. The highest BCUT2D eigenvalue weighted by atomic mass is 35.5. The van der Waals surface area contributed by atoms with E-state index in [9.17, 15) is 17.6 Å². The van der Waals surface area contributed by atoms with Crippen LogP contribution in [0.1, 0.15) is 35.3 Å². The Morgan fingerprint density at radius 1 is 1.06 bits per heavy atom. The fraction of sp³-hybridized carbons (Fsp3) is 0.208. The summed E-state index contributed by atoms with van der Waals surface area (Å²) in [5.74, 6) is -0.964. The van der Waals surface area contributed by atoms with Gasteiger partial charge in [0.1, 0.15) is 16.5 Å². The number of hydrogen-bond donors (Lipinski definition) is 0. The van der Waals surface area contributed by atoms with Gasteiger partial charge in [-0.25, -0.2) is 4.39 Å². The lowest BCUT2D eigenvalue weighted by Gasteiger charge is -2.27. The van der Waals surface area contributed by atoms with Gasteiger partial charge < -0.3 is 9.08 Å². The van der Waals surface area contributed by atoms with Crippen LogP contribution in [-0.2, 0) is 16.7 Å². The van der Waals surface area contributed by atoms with E-state index in [4.69, 9.17) is 15.8 Å². The van der Waals surface area contributed by atoms with E-state index in [1.807, 2.05) is 13.8 Å². The summed E-state index contributed by atoms with van der Waals surface area (Å²) in [7, 11) is -4.16. The summed E-state index contributed by atoms with van der Waals surface area (Å²) in [4.78, 5) is 14.3. The predicted molar refractivity (Wildman–Crippen MR) is 122 cm³/mol. The van der Waals surface area contributed by atoms with Crippen LogP contribution in [0.5, 0.6) is 5.75 Å². The minimum atomic E-state index is -4.16. The second-order valence-electron chi connectivity index (χ2n) is 7.58. The molecule has 0 atom stereocenters. The summed E-state index contributed by atoms with van der Waals surface area (Å²) in [5, 5.41) is 0.0719. The van der Waals surface area contributed by atoms with Gasteiger partial charge in [0.25, 0.3) is 5.91 Å².